The summed E-state index contributed by atoms with van der Waals surface area (Å²) in [6, 6.07) is 0.563. The average Bonchev–Trinajstić information content (AvgIpc) is 2.72. The van der Waals surface area contributed by atoms with Crippen LogP contribution < -0.4 is 5.32 Å². The minimum Gasteiger partial charge on any atom is -0.357 e. The molecular weight excluding hydrogens is 218 g/mol. The van der Waals surface area contributed by atoms with Crippen molar-refractivity contribution in [1.82, 2.24) is 10.2 Å². The summed E-state index contributed by atoms with van der Waals surface area (Å²) in [5.74, 6) is 0.726. The van der Waals surface area contributed by atoms with E-state index in [0.717, 1.165) is 22.5 Å². The molecule has 1 heterocycles. The number of rotatable bonds is 3. The zero-order valence-corrected chi connectivity index (χ0v) is 11.4. The van der Waals surface area contributed by atoms with E-state index in [2.05, 4.69) is 43.2 Å². The van der Waals surface area contributed by atoms with Gasteiger partial charge in [0.1, 0.15) is 5.01 Å². The minimum absolute atomic E-state index is 0.468. The number of hydrogen-bond donors (Lipinski definition) is 1. The lowest BCUT2D eigenvalue weighted by atomic mass is 9.91. The predicted octanol–water partition coefficient (Wildman–Crippen LogP) is 3.34. The van der Waals surface area contributed by atoms with Gasteiger partial charge in [0.15, 0.2) is 0 Å². The lowest BCUT2D eigenvalue weighted by molar-refractivity contribution is 0.366. The Balaban J connectivity index is 2.00. The van der Waals surface area contributed by atoms with Crippen molar-refractivity contribution in [2.24, 2.45) is 11.3 Å². The van der Waals surface area contributed by atoms with E-state index in [-0.39, 0.29) is 0 Å². The topological polar surface area (TPSA) is 37.8 Å². The Bertz CT molecular complexity index is 359. The number of nitrogens with zero attached hydrogens (tertiary/aromatic N) is 2. The van der Waals surface area contributed by atoms with Crippen LogP contribution in [-0.2, 0) is 6.42 Å². The highest BCUT2D eigenvalue weighted by Crippen LogP contribution is 2.42. The summed E-state index contributed by atoms with van der Waals surface area (Å²) in [4.78, 5) is 0. The van der Waals surface area contributed by atoms with Crippen LogP contribution in [-0.4, -0.2) is 16.2 Å². The Morgan fingerprint density at radius 2 is 2.12 bits per heavy atom. The van der Waals surface area contributed by atoms with Crippen LogP contribution in [0.15, 0.2) is 0 Å². The molecule has 2 unspecified atom stereocenters. The molecule has 1 saturated carbocycles. The van der Waals surface area contributed by atoms with Crippen LogP contribution >= 0.6 is 11.3 Å². The molecule has 2 atom stereocenters. The van der Waals surface area contributed by atoms with Gasteiger partial charge < -0.3 is 5.32 Å². The third kappa shape index (κ3) is 2.54. The highest BCUT2D eigenvalue weighted by molar-refractivity contribution is 7.15. The van der Waals surface area contributed by atoms with Gasteiger partial charge in [-0.2, -0.15) is 0 Å². The second-order valence-electron chi connectivity index (χ2n) is 5.66. The van der Waals surface area contributed by atoms with Crippen molar-refractivity contribution in [2.75, 3.05) is 5.32 Å². The monoisotopic (exact) mass is 239 g/mol. The van der Waals surface area contributed by atoms with Crippen molar-refractivity contribution in [3.63, 3.8) is 0 Å². The lowest BCUT2D eigenvalue weighted by Gasteiger charge is -2.17. The van der Waals surface area contributed by atoms with Crippen molar-refractivity contribution < 1.29 is 0 Å². The van der Waals surface area contributed by atoms with Gasteiger partial charge >= 0.3 is 0 Å². The first-order valence-corrected chi connectivity index (χ1v) is 6.91. The molecule has 0 aromatic carbocycles. The summed E-state index contributed by atoms with van der Waals surface area (Å²) in [7, 11) is 0. The van der Waals surface area contributed by atoms with Gasteiger partial charge in [0.05, 0.1) is 0 Å². The van der Waals surface area contributed by atoms with E-state index in [1.807, 2.05) is 0 Å². The predicted molar refractivity (Wildman–Crippen MR) is 68.9 cm³/mol. The Labute approximate surface area is 102 Å². The second kappa shape index (κ2) is 4.32. The normalized spacial score (nSPS) is 28.2. The summed E-state index contributed by atoms with van der Waals surface area (Å²) in [5.41, 5.74) is 0.468. The molecule has 16 heavy (non-hydrogen) atoms. The number of aryl methyl sites for hydroxylation is 1. The summed E-state index contributed by atoms with van der Waals surface area (Å²) < 4.78 is 0. The van der Waals surface area contributed by atoms with Gasteiger partial charge in [0.25, 0.3) is 0 Å². The molecule has 3 nitrogen and oxygen atoms in total. The summed E-state index contributed by atoms with van der Waals surface area (Å²) in [6.07, 6.45) is 3.50. The maximum absolute atomic E-state index is 4.19. The van der Waals surface area contributed by atoms with Gasteiger partial charge in [-0.25, -0.2) is 0 Å². The van der Waals surface area contributed by atoms with Gasteiger partial charge in [-0.3, -0.25) is 0 Å². The van der Waals surface area contributed by atoms with E-state index in [0.29, 0.717) is 11.5 Å². The molecule has 1 fully saturated rings. The van der Waals surface area contributed by atoms with Crippen LogP contribution in [0.2, 0.25) is 0 Å². The molecule has 0 bridgehead atoms. The summed E-state index contributed by atoms with van der Waals surface area (Å²) in [6.45, 7) is 9.14. The van der Waals surface area contributed by atoms with Gasteiger partial charge in [0, 0.05) is 6.04 Å². The molecule has 1 aliphatic rings. The minimum atomic E-state index is 0.468. The van der Waals surface area contributed by atoms with Crippen LogP contribution in [0.1, 0.15) is 45.5 Å². The Morgan fingerprint density at radius 1 is 1.38 bits per heavy atom. The molecule has 0 radical (unpaired) electrons. The quantitative estimate of drug-likeness (QED) is 0.879. The standard InChI is InChI=1S/C12H21N3S/c1-5-10-14-15-11(16-10)13-9-7-12(3,4)6-8(9)2/h8-9H,5-7H2,1-4H3,(H,13,15). The summed E-state index contributed by atoms with van der Waals surface area (Å²) >= 11 is 1.69. The Kier molecular flexibility index (Phi) is 3.19. The Hall–Kier alpha value is -0.640. The Morgan fingerprint density at radius 3 is 2.62 bits per heavy atom. The molecule has 0 amide bonds. The molecule has 1 N–H and O–H groups in total. The van der Waals surface area contributed by atoms with E-state index in [4.69, 9.17) is 0 Å². The van der Waals surface area contributed by atoms with Gasteiger partial charge in [-0.15, -0.1) is 10.2 Å². The molecule has 90 valence electrons. The highest BCUT2D eigenvalue weighted by atomic mass is 32.1. The lowest BCUT2D eigenvalue weighted by Crippen LogP contribution is -2.22. The van der Waals surface area contributed by atoms with Crippen molar-refractivity contribution >= 4 is 16.5 Å². The average molecular weight is 239 g/mol. The molecular formula is C12H21N3S. The van der Waals surface area contributed by atoms with E-state index < -0.39 is 0 Å². The van der Waals surface area contributed by atoms with E-state index in [1.54, 1.807) is 11.3 Å². The van der Waals surface area contributed by atoms with Crippen LogP contribution in [0, 0.1) is 11.3 Å². The van der Waals surface area contributed by atoms with Crippen LogP contribution in [0.3, 0.4) is 0 Å². The molecule has 0 spiro atoms. The zero-order chi connectivity index (χ0) is 11.8. The number of anilines is 1. The maximum Gasteiger partial charge on any atom is 0.205 e. The zero-order valence-electron chi connectivity index (χ0n) is 10.6. The third-order valence-corrected chi connectivity index (χ3v) is 4.41. The highest BCUT2D eigenvalue weighted by Gasteiger charge is 2.36. The van der Waals surface area contributed by atoms with E-state index in [9.17, 15) is 0 Å². The number of hydrogen-bond acceptors (Lipinski definition) is 4. The van der Waals surface area contributed by atoms with Crippen LogP contribution in [0.4, 0.5) is 5.13 Å². The van der Waals surface area contributed by atoms with Gasteiger partial charge in [-0.1, -0.05) is 39.0 Å². The molecule has 4 heteroatoms. The largest absolute Gasteiger partial charge is 0.357 e. The van der Waals surface area contributed by atoms with Crippen molar-refractivity contribution in [1.29, 1.82) is 0 Å². The first-order valence-electron chi connectivity index (χ1n) is 6.09. The fourth-order valence-corrected chi connectivity index (χ4v) is 3.44. The first-order chi connectivity index (χ1) is 7.50. The van der Waals surface area contributed by atoms with Crippen molar-refractivity contribution in [3.05, 3.63) is 5.01 Å². The fourth-order valence-electron chi connectivity index (χ4n) is 2.70. The first kappa shape index (κ1) is 11.8. The molecule has 0 aliphatic heterocycles. The molecule has 0 saturated heterocycles. The van der Waals surface area contributed by atoms with Crippen molar-refractivity contribution in [2.45, 2.75) is 53.0 Å². The molecule has 1 aliphatic carbocycles. The van der Waals surface area contributed by atoms with Gasteiger partial charge in [-0.05, 0) is 30.6 Å². The summed E-state index contributed by atoms with van der Waals surface area (Å²) in [5, 5.41) is 14.0. The van der Waals surface area contributed by atoms with E-state index >= 15 is 0 Å². The van der Waals surface area contributed by atoms with Crippen LogP contribution in [0.25, 0.3) is 0 Å². The number of nitrogens with one attached hydrogen (secondary N) is 1. The molecule has 2 rings (SSSR count). The van der Waals surface area contributed by atoms with Gasteiger partial charge in [0.2, 0.25) is 5.13 Å². The molecule has 1 aromatic rings. The number of aromatic nitrogens is 2. The van der Waals surface area contributed by atoms with Crippen LogP contribution in [0.5, 0.6) is 0 Å². The van der Waals surface area contributed by atoms with E-state index in [1.165, 1.54) is 12.8 Å². The maximum atomic E-state index is 4.19. The second-order valence-corrected chi connectivity index (χ2v) is 6.72. The smallest absolute Gasteiger partial charge is 0.205 e. The van der Waals surface area contributed by atoms with Crippen molar-refractivity contribution in [3.8, 4) is 0 Å². The fraction of sp³-hybridized carbons (Fsp3) is 0.833. The SMILES string of the molecule is CCc1nnc(NC2CC(C)(C)CC2C)s1. The third-order valence-electron chi connectivity index (χ3n) is 3.41. The molecule has 1 aromatic heterocycles.